The highest BCUT2D eigenvalue weighted by Crippen LogP contribution is 1.76. The minimum Gasteiger partial charge on any atom is -0.400 e. The highest BCUT2D eigenvalue weighted by molar-refractivity contribution is 4.28. The molecule has 0 saturated carbocycles. The Morgan fingerprint density at radius 3 is 2.00 bits per heavy atom. The third-order valence-electron chi connectivity index (χ3n) is 0.812. The van der Waals surface area contributed by atoms with E-state index in [0.29, 0.717) is 19.8 Å². The van der Waals surface area contributed by atoms with Gasteiger partial charge in [0, 0.05) is 13.7 Å². The van der Waals surface area contributed by atoms with E-state index in [9.17, 15) is 0 Å². The molecule has 4 heteroatoms. The molecule has 70 valence electrons. The molecule has 0 heterocycles. The van der Waals surface area contributed by atoms with Gasteiger partial charge in [-0.05, 0) is 6.92 Å². The summed E-state index contributed by atoms with van der Waals surface area (Å²) in [5.74, 6) is 0. The molecule has 0 atom stereocenters. The zero-order valence-corrected chi connectivity index (χ0v) is 7.25. The number of hydrogen-bond acceptors (Lipinski definition) is 4. The molecule has 0 fully saturated rings. The smallest absolute Gasteiger partial charge is 0.0701 e. The van der Waals surface area contributed by atoms with Crippen LogP contribution in [0.15, 0.2) is 0 Å². The van der Waals surface area contributed by atoms with Crippen LogP contribution in [-0.4, -0.2) is 50.4 Å². The molecule has 0 aliphatic carbocycles. The van der Waals surface area contributed by atoms with Gasteiger partial charge >= 0.3 is 0 Å². The first kappa shape index (κ1) is 13.4. The van der Waals surface area contributed by atoms with Gasteiger partial charge in [0.2, 0.25) is 0 Å². The number of ether oxygens (including phenoxy) is 2. The minimum atomic E-state index is 0.0894. The van der Waals surface area contributed by atoms with Gasteiger partial charge in [-0.1, -0.05) is 0 Å². The summed E-state index contributed by atoms with van der Waals surface area (Å²) in [7, 11) is 1.00. The first-order chi connectivity index (χ1) is 5.41. The van der Waals surface area contributed by atoms with Crippen molar-refractivity contribution in [1.29, 1.82) is 0 Å². The van der Waals surface area contributed by atoms with Gasteiger partial charge in [0.15, 0.2) is 0 Å². The lowest BCUT2D eigenvalue weighted by molar-refractivity contribution is 0.0370. The Hall–Kier alpha value is -0.160. The fraction of sp³-hybridized carbons (Fsp3) is 1.00. The van der Waals surface area contributed by atoms with Gasteiger partial charge in [-0.2, -0.15) is 0 Å². The lowest BCUT2D eigenvalue weighted by atomic mass is 10.7. The van der Waals surface area contributed by atoms with Crippen molar-refractivity contribution in [3.63, 3.8) is 0 Å². The molecule has 4 nitrogen and oxygen atoms in total. The maximum atomic E-state index is 8.26. The molecule has 2 N–H and O–H groups in total. The molecule has 0 saturated heterocycles. The van der Waals surface area contributed by atoms with Crippen molar-refractivity contribution in [3.05, 3.63) is 0 Å². The Morgan fingerprint density at radius 1 is 1.00 bits per heavy atom. The summed E-state index contributed by atoms with van der Waals surface area (Å²) < 4.78 is 9.88. The lowest BCUT2D eigenvalue weighted by Crippen LogP contribution is -2.06. The van der Waals surface area contributed by atoms with Crippen molar-refractivity contribution in [2.75, 3.05) is 40.1 Å². The molecule has 0 aliphatic heterocycles. The van der Waals surface area contributed by atoms with Gasteiger partial charge in [0.05, 0.1) is 26.4 Å². The van der Waals surface area contributed by atoms with Crippen molar-refractivity contribution in [3.8, 4) is 0 Å². The Balaban J connectivity index is 0. The molecule has 0 unspecified atom stereocenters. The van der Waals surface area contributed by atoms with Gasteiger partial charge in [-0.15, -0.1) is 0 Å². The normalized spacial score (nSPS) is 8.73. The van der Waals surface area contributed by atoms with Gasteiger partial charge in [-0.25, -0.2) is 0 Å². The van der Waals surface area contributed by atoms with Crippen LogP contribution in [0, 0.1) is 0 Å². The second-order valence-corrected chi connectivity index (χ2v) is 1.53. The summed E-state index contributed by atoms with van der Waals surface area (Å²) in [5.41, 5.74) is 0. The molecule has 0 aromatic rings. The third kappa shape index (κ3) is 17.7. The highest BCUT2D eigenvalue weighted by Gasteiger charge is 1.84. The third-order valence-corrected chi connectivity index (χ3v) is 0.812. The van der Waals surface area contributed by atoms with E-state index in [1.807, 2.05) is 6.92 Å². The molecule has 0 amide bonds. The van der Waals surface area contributed by atoms with Crippen LogP contribution in [0.5, 0.6) is 0 Å². The number of aliphatic hydroxyl groups is 2. The first-order valence-electron chi connectivity index (χ1n) is 3.63. The fourth-order valence-electron chi connectivity index (χ4n) is 0.429. The quantitative estimate of drug-likeness (QED) is 0.529. The van der Waals surface area contributed by atoms with E-state index < -0.39 is 0 Å². The van der Waals surface area contributed by atoms with Crippen LogP contribution >= 0.6 is 0 Å². The van der Waals surface area contributed by atoms with Crippen molar-refractivity contribution in [2.24, 2.45) is 0 Å². The topological polar surface area (TPSA) is 58.9 Å². The first-order valence-corrected chi connectivity index (χ1v) is 3.63. The van der Waals surface area contributed by atoms with E-state index in [1.165, 1.54) is 0 Å². The highest BCUT2D eigenvalue weighted by atomic mass is 16.5. The second kappa shape index (κ2) is 16.4. The average Bonchev–Trinajstić information content (AvgIpc) is 2.08. The monoisotopic (exact) mass is 166 g/mol. The fourth-order valence-corrected chi connectivity index (χ4v) is 0.429. The summed E-state index contributed by atoms with van der Waals surface area (Å²) in [6.45, 7) is 4.36. The van der Waals surface area contributed by atoms with E-state index in [2.05, 4.69) is 0 Å². The predicted molar refractivity (Wildman–Crippen MR) is 42.5 cm³/mol. The van der Waals surface area contributed by atoms with E-state index in [1.54, 1.807) is 0 Å². The van der Waals surface area contributed by atoms with Crippen LogP contribution < -0.4 is 0 Å². The summed E-state index contributed by atoms with van der Waals surface area (Å²) in [6.07, 6.45) is 0. The minimum absolute atomic E-state index is 0.0894. The standard InChI is InChI=1S/C6H14O3.CH4O/c1-2-8-5-6-9-4-3-7;1-2/h7H,2-6H2,1H3;2H,1H3. The van der Waals surface area contributed by atoms with Crippen LogP contribution in [0.1, 0.15) is 6.92 Å². The Bertz CT molecular complexity index is 43.7. The molecule has 0 aromatic carbocycles. The number of aliphatic hydroxyl groups excluding tert-OH is 2. The van der Waals surface area contributed by atoms with E-state index in [-0.39, 0.29) is 6.61 Å². The average molecular weight is 166 g/mol. The molecule has 0 bridgehead atoms. The molecule has 0 aromatic heterocycles. The van der Waals surface area contributed by atoms with E-state index >= 15 is 0 Å². The van der Waals surface area contributed by atoms with Crippen molar-refractivity contribution in [1.82, 2.24) is 0 Å². The Kier molecular flexibility index (Phi) is 20.1. The van der Waals surface area contributed by atoms with E-state index in [4.69, 9.17) is 19.7 Å². The summed E-state index contributed by atoms with van der Waals surface area (Å²) in [4.78, 5) is 0. The summed E-state index contributed by atoms with van der Waals surface area (Å²) in [6, 6.07) is 0. The Labute approximate surface area is 67.8 Å². The predicted octanol–water partition coefficient (Wildman–Crippen LogP) is -0.360. The molecular formula is C7H18O4. The van der Waals surface area contributed by atoms with Gasteiger partial charge in [0.1, 0.15) is 0 Å². The van der Waals surface area contributed by atoms with Crippen LogP contribution in [0.2, 0.25) is 0 Å². The number of rotatable bonds is 6. The SMILES string of the molecule is CCOCCOCCO.CO. The largest absolute Gasteiger partial charge is 0.400 e. The maximum Gasteiger partial charge on any atom is 0.0701 e. The number of hydrogen-bond donors (Lipinski definition) is 2. The van der Waals surface area contributed by atoms with Crippen LogP contribution in [0.3, 0.4) is 0 Å². The zero-order chi connectivity index (χ0) is 8.95. The van der Waals surface area contributed by atoms with Crippen LogP contribution in [-0.2, 0) is 9.47 Å². The Morgan fingerprint density at radius 2 is 1.55 bits per heavy atom. The second-order valence-electron chi connectivity index (χ2n) is 1.53. The lowest BCUT2D eigenvalue weighted by Gasteiger charge is -2.00. The van der Waals surface area contributed by atoms with Gasteiger partial charge in [-0.3, -0.25) is 0 Å². The van der Waals surface area contributed by atoms with Gasteiger partial charge in [0.25, 0.3) is 0 Å². The molecule has 11 heavy (non-hydrogen) atoms. The van der Waals surface area contributed by atoms with Crippen LogP contribution in [0.4, 0.5) is 0 Å². The summed E-state index contributed by atoms with van der Waals surface area (Å²) in [5, 5.41) is 15.3. The van der Waals surface area contributed by atoms with Crippen molar-refractivity contribution < 1.29 is 19.7 Å². The molecule has 0 rings (SSSR count). The molecule has 0 spiro atoms. The van der Waals surface area contributed by atoms with Crippen LogP contribution in [0.25, 0.3) is 0 Å². The zero-order valence-electron chi connectivity index (χ0n) is 7.25. The van der Waals surface area contributed by atoms with Gasteiger partial charge < -0.3 is 19.7 Å². The molecule has 0 radical (unpaired) electrons. The van der Waals surface area contributed by atoms with Crippen molar-refractivity contribution in [2.45, 2.75) is 6.92 Å². The maximum absolute atomic E-state index is 8.26. The van der Waals surface area contributed by atoms with Crippen molar-refractivity contribution >= 4 is 0 Å². The molecule has 0 aliphatic rings. The van der Waals surface area contributed by atoms with E-state index in [0.717, 1.165) is 13.7 Å². The summed E-state index contributed by atoms with van der Waals surface area (Å²) >= 11 is 0. The molecular weight excluding hydrogens is 148 g/mol.